The second-order valence-corrected chi connectivity index (χ2v) is 8.96. The maximum Gasteiger partial charge on any atom is 0.335 e. The van der Waals surface area contributed by atoms with Gasteiger partial charge in [-0.1, -0.05) is 90.5 Å². The molecule has 1 aromatic carbocycles. The Kier molecular flexibility index (Phi) is 12.6. The minimum Gasteiger partial charge on any atom is -0.478 e. The van der Waals surface area contributed by atoms with Crippen LogP contribution in [0.1, 0.15) is 119 Å². The van der Waals surface area contributed by atoms with E-state index in [0.717, 1.165) is 54.6 Å². The maximum atomic E-state index is 11.7. The summed E-state index contributed by atoms with van der Waals surface area (Å²) in [5.41, 5.74) is 4.11. The van der Waals surface area contributed by atoms with Crippen LogP contribution in [0, 0.1) is 0 Å². The third-order valence-corrected chi connectivity index (χ3v) is 6.17. The summed E-state index contributed by atoms with van der Waals surface area (Å²) in [4.78, 5) is 20.9. The number of benzene rings is 1. The minimum atomic E-state index is -0.853. The first kappa shape index (κ1) is 26.0. The Morgan fingerprint density at radius 2 is 1.34 bits per heavy atom. The number of aromatic carboxylic acids is 1. The Morgan fingerprint density at radius 1 is 0.750 bits per heavy atom. The second kappa shape index (κ2) is 15.6. The van der Waals surface area contributed by atoms with Gasteiger partial charge in [0.25, 0.3) is 0 Å². The predicted molar refractivity (Wildman–Crippen MR) is 133 cm³/mol. The van der Waals surface area contributed by atoms with E-state index in [1.54, 1.807) is 6.07 Å². The number of hydrogen-bond acceptors (Lipinski definition) is 3. The number of carbonyl (C=O) groups is 1. The molecule has 0 bridgehead atoms. The average Bonchev–Trinajstić information content (AvgIpc) is 2.81. The van der Waals surface area contributed by atoms with Gasteiger partial charge in [0.15, 0.2) is 0 Å². The highest BCUT2D eigenvalue weighted by Crippen LogP contribution is 2.23. The molecule has 0 saturated carbocycles. The van der Waals surface area contributed by atoms with Crippen molar-refractivity contribution in [2.75, 3.05) is 0 Å². The fourth-order valence-corrected chi connectivity index (χ4v) is 4.16. The molecule has 0 aliphatic heterocycles. The zero-order valence-corrected chi connectivity index (χ0v) is 20.2. The number of unbranched alkanes of at least 4 members (excludes halogenated alkanes) is 11. The molecule has 176 valence electrons. The maximum absolute atomic E-state index is 11.7. The molecular weight excluding hydrogens is 396 g/mol. The monoisotopic (exact) mass is 438 g/mol. The van der Waals surface area contributed by atoms with Crippen molar-refractivity contribution in [2.45, 2.75) is 110 Å². The molecule has 0 saturated heterocycles. The lowest BCUT2D eigenvalue weighted by Crippen LogP contribution is -2.03. The highest BCUT2D eigenvalue weighted by Gasteiger charge is 2.12. The van der Waals surface area contributed by atoms with Crippen LogP contribution >= 0.6 is 0 Å². The summed E-state index contributed by atoms with van der Waals surface area (Å²) in [6, 6.07) is 5.57. The number of carboxylic acids is 1. The Labute approximate surface area is 194 Å². The third-order valence-electron chi connectivity index (χ3n) is 6.17. The zero-order chi connectivity index (χ0) is 23.0. The van der Waals surface area contributed by atoms with Gasteiger partial charge in [-0.3, -0.25) is 9.97 Å². The number of carboxylic acid groups (broad SMARTS) is 1. The van der Waals surface area contributed by atoms with Gasteiger partial charge in [0.2, 0.25) is 0 Å². The number of aryl methyl sites for hydroxylation is 2. The van der Waals surface area contributed by atoms with Crippen molar-refractivity contribution in [3.05, 3.63) is 47.4 Å². The first-order valence-corrected chi connectivity index (χ1v) is 12.8. The molecule has 0 atom stereocenters. The van der Waals surface area contributed by atoms with E-state index in [2.05, 4.69) is 23.8 Å². The molecule has 0 radical (unpaired) electrons. The highest BCUT2D eigenvalue weighted by atomic mass is 16.4. The molecule has 4 heteroatoms. The van der Waals surface area contributed by atoms with Crippen molar-refractivity contribution in [3.8, 4) is 11.3 Å². The van der Waals surface area contributed by atoms with Crippen LogP contribution in [0.4, 0.5) is 0 Å². The summed E-state index contributed by atoms with van der Waals surface area (Å²) in [6.07, 6.45) is 21.7. The van der Waals surface area contributed by atoms with Crippen molar-refractivity contribution in [1.82, 2.24) is 9.97 Å². The van der Waals surface area contributed by atoms with Crippen LogP contribution < -0.4 is 0 Å². The lowest BCUT2D eigenvalue weighted by molar-refractivity contribution is 0.0695. The zero-order valence-electron chi connectivity index (χ0n) is 20.2. The van der Waals surface area contributed by atoms with Crippen LogP contribution in [0.5, 0.6) is 0 Å². The molecule has 1 N–H and O–H groups in total. The van der Waals surface area contributed by atoms with Gasteiger partial charge in [-0.05, 0) is 43.4 Å². The molecule has 2 rings (SSSR count). The van der Waals surface area contributed by atoms with Gasteiger partial charge < -0.3 is 5.11 Å². The van der Waals surface area contributed by atoms with Gasteiger partial charge in [0.05, 0.1) is 23.1 Å². The minimum absolute atomic E-state index is 0.408. The predicted octanol–water partition coefficient (Wildman–Crippen LogP) is 8.04. The van der Waals surface area contributed by atoms with Crippen LogP contribution in [0.15, 0.2) is 30.6 Å². The quantitative estimate of drug-likeness (QED) is 0.254. The summed E-state index contributed by atoms with van der Waals surface area (Å²) in [6.45, 7) is 4.47. The molecule has 4 nitrogen and oxygen atoms in total. The van der Waals surface area contributed by atoms with Crippen LogP contribution in [0.3, 0.4) is 0 Å². The summed E-state index contributed by atoms with van der Waals surface area (Å²) in [5, 5.41) is 9.57. The van der Waals surface area contributed by atoms with Crippen molar-refractivity contribution in [1.29, 1.82) is 0 Å². The van der Waals surface area contributed by atoms with Crippen molar-refractivity contribution in [3.63, 3.8) is 0 Å². The smallest absolute Gasteiger partial charge is 0.335 e. The van der Waals surface area contributed by atoms with Crippen LogP contribution in [-0.4, -0.2) is 21.0 Å². The molecule has 0 spiro atoms. The van der Waals surface area contributed by atoms with Gasteiger partial charge in [-0.25, -0.2) is 4.79 Å². The molecule has 0 amide bonds. The van der Waals surface area contributed by atoms with E-state index in [4.69, 9.17) is 0 Å². The van der Waals surface area contributed by atoms with E-state index in [0.29, 0.717) is 5.56 Å². The number of rotatable bonds is 17. The van der Waals surface area contributed by atoms with E-state index in [-0.39, 0.29) is 0 Å². The summed E-state index contributed by atoms with van der Waals surface area (Å²) >= 11 is 0. The SMILES string of the molecule is CCCCCCCCCc1cnc(-c2ccc(C(=O)O)c(CCCCCCCC)c2)cn1. The Morgan fingerprint density at radius 3 is 1.91 bits per heavy atom. The summed E-state index contributed by atoms with van der Waals surface area (Å²) in [7, 11) is 0. The van der Waals surface area contributed by atoms with E-state index in [1.807, 2.05) is 24.5 Å². The van der Waals surface area contributed by atoms with Gasteiger partial charge >= 0.3 is 5.97 Å². The third kappa shape index (κ3) is 9.50. The standard InChI is InChI=1S/C28H42N2O2/c1-3-5-7-9-11-13-15-17-25-21-30-27(22-29-25)24-18-19-26(28(31)32)23(20-24)16-14-12-10-8-6-4-2/h18-22H,3-17H2,1-2H3,(H,31,32). The van der Waals surface area contributed by atoms with E-state index >= 15 is 0 Å². The van der Waals surface area contributed by atoms with Crippen LogP contribution in [-0.2, 0) is 12.8 Å². The molecule has 1 heterocycles. The fraction of sp³-hybridized carbons (Fsp3) is 0.607. The lowest BCUT2D eigenvalue weighted by Gasteiger charge is -2.10. The first-order chi connectivity index (χ1) is 15.7. The van der Waals surface area contributed by atoms with Gasteiger partial charge in [-0.2, -0.15) is 0 Å². The van der Waals surface area contributed by atoms with Crippen LogP contribution in [0.25, 0.3) is 11.3 Å². The number of nitrogens with zero attached hydrogens (tertiary/aromatic N) is 2. The molecule has 0 fully saturated rings. The molecule has 0 aliphatic carbocycles. The molecular formula is C28H42N2O2. The summed E-state index contributed by atoms with van der Waals surface area (Å²) in [5.74, 6) is -0.853. The lowest BCUT2D eigenvalue weighted by atomic mass is 9.97. The Balaban J connectivity index is 1.90. The Hall–Kier alpha value is -2.23. The first-order valence-electron chi connectivity index (χ1n) is 12.8. The fourth-order valence-electron chi connectivity index (χ4n) is 4.16. The van der Waals surface area contributed by atoms with Gasteiger partial charge in [0.1, 0.15) is 0 Å². The number of aromatic nitrogens is 2. The van der Waals surface area contributed by atoms with E-state index in [9.17, 15) is 9.90 Å². The molecule has 32 heavy (non-hydrogen) atoms. The molecule has 2 aromatic rings. The van der Waals surface area contributed by atoms with Crippen molar-refractivity contribution >= 4 is 5.97 Å². The van der Waals surface area contributed by atoms with Gasteiger partial charge in [-0.15, -0.1) is 0 Å². The topological polar surface area (TPSA) is 63.1 Å². The van der Waals surface area contributed by atoms with Crippen molar-refractivity contribution < 1.29 is 9.90 Å². The second-order valence-electron chi connectivity index (χ2n) is 8.96. The summed E-state index contributed by atoms with van der Waals surface area (Å²) < 4.78 is 0. The van der Waals surface area contributed by atoms with Gasteiger partial charge in [0, 0.05) is 11.8 Å². The number of hydrogen-bond donors (Lipinski definition) is 1. The van der Waals surface area contributed by atoms with E-state index in [1.165, 1.54) is 64.2 Å². The van der Waals surface area contributed by atoms with Crippen LogP contribution in [0.2, 0.25) is 0 Å². The molecule has 1 aromatic heterocycles. The largest absolute Gasteiger partial charge is 0.478 e. The molecule has 0 aliphatic rings. The molecule has 0 unspecified atom stereocenters. The van der Waals surface area contributed by atoms with Crippen molar-refractivity contribution in [2.24, 2.45) is 0 Å². The normalized spacial score (nSPS) is 11.1. The Bertz CT molecular complexity index is 787. The average molecular weight is 439 g/mol. The highest BCUT2D eigenvalue weighted by molar-refractivity contribution is 5.90. The van der Waals surface area contributed by atoms with E-state index < -0.39 is 5.97 Å².